The number of ether oxygens (including phenoxy) is 1. The van der Waals surface area contributed by atoms with Crippen molar-refractivity contribution in [2.75, 3.05) is 0 Å². The number of alkyl halides is 1. The second-order valence-corrected chi connectivity index (χ2v) is 4.87. The number of hydrogen-bond donors (Lipinski definition) is 0. The minimum absolute atomic E-state index is 0.0151. The summed E-state index contributed by atoms with van der Waals surface area (Å²) in [4.78, 5) is 0. The van der Waals surface area contributed by atoms with Crippen LogP contribution in [0.3, 0.4) is 0 Å². The number of rotatable bonds is 4. The van der Waals surface area contributed by atoms with Crippen LogP contribution >= 0.6 is 27.5 Å². The molecule has 0 radical (unpaired) electrons. The summed E-state index contributed by atoms with van der Waals surface area (Å²) in [6, 6.07) is 9.47. The summed E-state index contributed by atoms with van der Waals surface area (Å²) in [6.45, 7) is 0.0151. The molecule has 0 aromatic heterocycles. The molecule has 0 heterocycles. The zero-order chi connectivity index (χ0) is 13.8. The first kappa shape index (κ1) is 14.3. The van der Waals surface area contributed by atoms with Gasteiger partial charge in [-0.1, -0.05) is 45.7 Å². The SMILES string of the molecule is Fc1cc(CBr)cc(F)c1OCc1ccccc1Cl. The molecule has 0 saturated heterocycles. The third-order valence-corrected chi connectivity index (χ3v) is 3.56. The molecule has 100 valence electrons. The minimum atomic E-state index is -0.721. The molecule has 0 fully saturated rings. The second kappa shape index (κ2) is 6.35. The van der Waals surface area contributed by atoms with Crippen molar-refractivity contribution in [3.8, 4) is 5.75 Å². The minimum Gasteiger partial charge on any atom is -0.483 e. The third kappa shape index (κ3) is 3.45. The Morgan fingerprint density at radius 3 is 2.32 bits per heavy atom. The van der Waals surface area contributed by atoms with Gasteiger partial charge in [-0.15, -0.1) is 0 Å². The van der Waals surface area contributed by atoms with Crippen LogP contribution in [0.2, 0.25) is 5.02 Å². The van der Waals surface area contributed by atoms with Crippen molar-refractivity contribution in [3.05, 3.63) is 64.2 Å². The highest BCUT2D eigenvalue weighted by molar-refractivity contribution is 9.08. The average Bonchev–Trinajstić information content (AvgIpc) is 2.39. The van der Waals surface area contributed by atoms with E-state index in [0.29, 0.717) is 21.5 Å². The van der Waals surface area contributed by atoms with Crippen LogP contribution in [0.25, 0.3) is 0 Å². The van der Waals surface area contributed by atoms with E-state index in [-0.39, 0.29) is 12.4 Å². The predicted octanol–water partition coefficient (Wildman–Crippen LogP) is 5.09. The molecule has 0 N–H and O–H groups in total. The highest BCUT2D eigenvalue weighted by Crippen LogP contribution is 2.26. The molecule has 0 aliphatic carbocycles. The summed E-state index contributed by atoms with van der Waals surface area (Å²) in [5, 5.41) is 0.881. The van der Waals surface area contributed by atoms with Crippen molar-refractivity contribution < 1.29 is 13.5 Å². The molecule has 0 spiro atoms. The molecule has 0 unspecified atom stereocenters. The maximum atomic E-state index is 13.7. The largest absolute Gasteiger partial charge is 0.483 e. The van der Waals surface area contributed by atoms with Crippen molar-refractivity contribution >= 4 is 27.5 Å². The normalized spacial score (nSPS) is 10.5. The monoisotopic (exact) mass is 346 g/mol. The van der Waals surface area contributed by atoms with Gasteiger partial charge in [0.2, 0.25) is 0 Å². The van der Waals surface area contributed by atoms with Crippen LogP contribution in [0.5, 0.6) is 5.75 Å². The van der Waals surface area contributed by atoms with E-state index in [4.69, 9.17) is 16.3 Å². The Morgan fingerprint density at radius 2 is 1.74 bits per heavy atom. The topological polar surface area (TPSA) is 9.23 Å². The first-order valence-corrected chi connectivity index (χ1v) is 7.02. The first-order valence-electron chi connectivity index (χ1n) is 5.52. The maximum absolute atomic E-state index is 13.7. The molecule has 0 aliphatic rings. The van der Waals surface area contributed by atoms with Crippen LogP contribution < -0.4 is 4.74 Å². The molecule has 2 aromatic carbocycles. The molecule has 1 nitrogen and oxygen atoms in total. The molecular formula is C14H10BrClF2O. The molecule has 0 saturated carbocycles. The summed E-state index contributed by atoms with van der Waals surface area (Å²) < 4.78 is 32.5. The fourth-order valence-corrected chi connectivity index (χ4v) is 2.11. The summed E-state index contributed by atoms with van der Waals surface area (Å²) in [5.41, 5.74) is 1.19. The molecule has 5 heteroatoms. The molecular weight excluding hydrogens is 338 g/mol. The molecule has 0 aliphatic heterocycles. The van der Waals surface area contributed by atoms with Gasteiger partial charge in [0.15, 0.2) is 17.4 Å². The summed E-state index contributed by atoms with van der Waals surface area (Å²) in [7, 11) is 0. The van der Waals surface area contributed by atoms with Crippen molar-refractivity contribution in [1.29, 1.82) is 0 Å². The number of benzene rings is 2. The third-order valence-electron chi connectivity index (χ3n) is 2.54. The first-order chi connectivity index (χ1) is 9.11. The van der Waals surface area contributed by atoms with Gasteiger partial charge < -0.3 is 4.74 Å². The fraction of sp³-hybridized carbons (Fsp3) is 0.143. The summed E-state index contributed by atoms with van der Waals surface area (Å²) in [6.07, 6.45) is 0. The Labute approximate surface area is 123 Å². The van der Waals surface area contributed by atoms with Gasteiger partial charge in [-0.3, -0.25) is 0 Å². The van der Waals surface area contributed by atoms with E-state index < -0.39 is 11.6 Å². The Morgan fingerprint density at radius 1 is 1.11 bits per heavy atom. The van der Waals surface area contributed by atoms with Crippen LogP contribution in [0.4, 0.5) is 8.78 Å². The van der Waals surface area contributed by atoms with E-state index in [1.54, 1.807) is 24.3 Å². The van der Waals surface area contributed by atoms with Gasteiger partial charge in [0.05, 0.1) is 0 Å². The van der Waals surface area contributed by atoms with Gasteiger partial charge in [-0.05, 0) is 23.8 Å². The van der Waals surface area contributed by atoms with Gasteiger partial charge in [-0.25, -0.2) is 8.78 Å². The zero-order valence-electron chi connectivity index (χ0n) is 9.80. The molecule has 19 heavy (non-hydrogen) atoms. The lowest BCUT2D eigenvalue weighted by atomic mass is 10.2. The Kier molecular flexibility index (Phi) is 4.77. The highest BCUT2D eigenvalue weighted by Gasteiger charge is 2.13. The van der Waals surface area contributed by atoms with Crippen molar-refractivity contribution in [1.82, 2.24) is 0 Å². The van der Waals surface area contributed by atoms with Crippen LogP contribution in [0.15, 0.2) is 36.4 Å². The molecule has 0 atom stereocenters. The van der Waals surface area contributed by atoms with Crippen LogP contribution in [0, 0.1) is 11.6 Å². The lowest BCUT2D eigenvalue weighted by Gasteiger charge is -2.10. The molecule has 0 bridgehead atoms. The van der Waals surface area contributed by atoms with Gasteiger partial charge in [-0.2, -0.15) is 0 Å². The second-order valence-electron chi connectivity index (χ2n) is 3.90. The number of hydrogen-bond acceptors (Lipinski definition) is 1. The standard InChI is InChI=1S/C14H10BrClF2O/c15-7-9-5-12(17)14(13(18)6-9)19-8-10-3-1-2-4-11(10)16/h1-6H,7-8H2. The van der Waals surface area contributed by atoms with Gasteiger partial charge in [0.25, 0.3) is 0 Å². The lowest BCUT2D eigenvalue weighted by Crippen LogP contribution is -2.01. The van der Waals surface area contributed by atoms with Crippen molar-refractivity contribution in [2.45, 2.75) is 11.9 Å². The summed E-state index contributed by atoms with van der Waals surface area (Å²) in [5.74, 6) is -1.83. The van der Waals surface area contributed by atoms with Crippen LogP contribution in [-0.4, -0.2) is 0 Å². The van der Waals surface area contributed by atoms with Crippen molar-refractivity contribution in [3.63, 3.8) is 0 Å². The Bertz CT molecular complexity index is 566. The zero-order valence-corrected chi connectivity index (χ0v) is 12.1. The summed E-state index contributed by atoms with van der Waals surface area (Å²) >= 11 is 9.09. The van der Waals surface area contributed by atoms with E-state index in [9.17, 15) is 8.78 Å². The van der Waals surface area contributed by atoms with E-state index in [1.165, 1.54) is 12.1 Å². The van der Waals surface area contributed by atoms with Gasteiger partial charge >= 0.3 is 0 Å². The quantitative estimate of drug-likeness (QED) is 0.700. The van der Waals surface area contributed by atoms with Crippen LogP contribution in [0.1, 0.15) is 11.1 Å². The molecule has 2 rings (SSSR count). The van der Waals surface area contributed by atoms with Crippen LogP contribution in [-0.2, 0) is 11.9 Å². The predicted molar refractivity (Wildman–Crippen MR) is 74.8 cm³/mol. The van der Waals surface area contributed by atoms with E-state index >= 15 is 0 Å². The van der Waals surface area contributed by atoms with Crippen molar-refractivity contribution in [2.24, 2.45) is 0 Å². The Balaban J connectivity index is 2.18. The highest BCUT2D eigenvalue weighted by atomic mass is 79.9. The average molecular weight is 348 g/mol. The van der Waals surface area contributed by atoms with Gasteiger partial charge in [0.1, 0.15) is 6.61 Å². The van der Waals surface area contributed by atoms with E-state index in [0.717, 1.165) is 0 Å². The van der Waals surface area contributed by atoms with Gasteiger partial charge in [0, 0.05) is 15.9 Å². The number of halogens is 4. The Hall–Kier alpha value is -1.13. The smallest absolute Gasteiger partial charge is 0.191 e. The lowest BCUT2D eigenvalue weighted by molar-refractivity contribution is 0.274. The molecule has 2 aromatic rings. The van der Waals surface area contributed by atoms with E-state index in [2.05, 4.69) is 15.9 Å². The van der Waals surface area contributed by atoms with E-state index in [1.807, 2.05) is 0 Å². The maximum Gasteiger partial charge on any atom is 0.191 e. The fourth-order valence-electron chi connectivity index (χ4n) is 1.59. The molecule has 0 amide bonds.